The summed E-state index contributed by atoms with van der Waals surface area (Å²) >= 11 is 0. The van der Waals surface area contributed by atoms with E-state index in [1.165, 1.54) is 5.56 Å². The first-order valence-electron chi connectivity index (χ1n) is 14.7. The number of likely N-dealkylation sites (tertiary alicyclic amines) is 1. The monoisotopic (exact) mass is 548 g/mol. The smallest absolute Gasteiger partial charge is 0.407 e. The zero-order valence-electron chi connectivity index (χ0n) is 23.9. The van der Waals surface area contributed by atoms with Crippen LogP contribution in [0.3, 0.4) is 0 Å². The molecule has 0 radical (unpaired) electrons. The number of alkyl carbamates (subject to hydrolysis) is 1. The summed E-state index contributed by atoms with van der Waals surface area (Å²) in [5.41, 5.74) is 1.46. The predicted molar refractivity (Wildman–Crippen MR) is 156 cm³/mol. The van der Waals surface area contributed by atoms with Crippen LogP contribution >= 0.6 is 0 Å². The summed E-state index contributed by atoms with van der Waals surface area (Å²) in [6.07, 6.45) is 3.78. The fourth-order valence-corrected chi connectivity index (χ4v) is 5.62. The average molecular weight is 549 g/mol. The van der Waals surface area contributed by atoms with Crippen LogP contribution in [-0.2, 0) is 27.4 Å². The molecule has 216 valence electrons. The van der Waals surface area contributed by atoms with Gasteiger partial charge in [-0.05, 0) is 49.1 Å². The predicted octanol–water partition coefficient (Wildman–Crippen LogP) is 4.14. The second-order valence-corrected chi connectivity index (χ2v) is 11.2. The molecule has 40 heavy (non-hydrogen) atoms. The summed E-state index contributed by atoms with van der Waals surface area (Å²) in [5, 5.41) is 5.82. The number of amides is 3. The molecule has 0 bridgehead atoms. The largest absolute Gasteiger partial charge is 0.445 e. The van der Waals surface area contributed by atoms with Gasteiger partial charge < -0.3 is 25.2 Å². The molecule has 8 nitrogen and oxygen atoms in total. The molecule has 2 heterocycles. The van der Waals surface area contributed by atoms with Crippen LogP contribution in [-0.4, -0.2) is 72.0 Å². The number of piperidine rings is 1. The maximum atomic E-state index is 13.8. The number of hydrogen-bond donors (Lipinski definition) is 2. The van der Waals surface area contributed by atoms with Gasteiger partial charge in [0, 0.05) is 32.7 Å². The third-order valence-electron chi connectivity index (χ3n) is 8.39. The van der Waals surface area contributed by atoms with Crippen molar-refractivity contribution in [1.82, 2.24) is 20.4 Å². The molecule has 2 saturated heterocycles. The lowest BCUT2D eigenvalue weighted by molar-refractivity contribution is -0.162. The average Bonchev–Trinajstić information content (AvgIpc) is 2.99. The van der Waals surface area contributed by atoms with Crippen molar-refractivity contribution in [2.75, 3.05) is 32.7 Å². The van der Waals surface area contributed by atoms with E-state index in [0.717, 1.165) is 38.0 Å². The topological polar surface area (TPSA) is 91.0 Å². The van der Waals surface area contributed by atoms with E-state index < -0.39 is 17.7 Å². The molecule has 4 rings (SSSR count). The maximum Gasteiger partial charge on any atom is 0.407 e. The number of nitrogens with zero attached hydrogens (tertiary/aromatic N) is 2. The molecule has 1 spiro atoms. The molecule has 2 N–H and O–H groups in total. The van der Waals surface area contributed by atoms with Gasteiger partial charge in [0.05, 0.1) is 0 Å². The summed E-state index contributed by atoms with van der Waals surface area (Å²) in [7, 11) is 0. The Bertz CT molecular complexity index is 1100. The molecule has 8 heteroatoms. The molecule has 1 unspecified atom stereocenters. The van der Waals surface area contributed by atoms with Crippen LogP contribution in [0, 0.1) is 5.92 Å². The summed E-state index contributed by atoms with van der Waals surface area (Å²) in [4.78, 5) is 43.8. The van der Waals surface area contributed by atoms with Crippen molar-refractivity contribution in [2.24, 2.45) is 5.92 Å². The zero-order valence-corrected chi connectivity index (χ0v) is 23.9. The second kappa shape index (κ2) is 14.3. The third-order valence-corrected chi connectivity index (χ3v) is 8.39. The summed E-state index contributed by atoms with van der Waals surface area (Å²) in [5.74, 6) is 0.284. The van der Waals surface area contributed by atoms with E-state index in [1.54, 1.807) is 0 Å². The Morgan fingerprint density at radius 2 is 1.70 bits per heavy atom. The van der Waals surface area contributed by atoms with Crippen molar-refractivity contribution in [2.45, 2.75) is 70.6 Å². The van der Waals surface area contributed by atoms with Crippen LogP contribution < -0.4 is 10.6 Å². The highest BCUT2D eigenvalue weighted by Crippen LogP contribution is 2.34. The summed E-state index contributed by atoms with van der Waals surface area (Å²) in [6.45, 7) is 7.98. The Labute approximate surface area is 238 Å². The number of benzene rings is 2. The molecule has 2 fully saturated rings. The van der Waals surface area contributed by atoms with Gasteiger partial charge in [0.15, 0.2) is 0 Å². The lowest BCUT2D eigenvalue weighted by atomic mass is 9.80. The van der Waals surface area contributed by atoms with Crippen molar-refractivity contribution in [1.29, 1.82) is 0 Å². The maximum absolute atomic E-state index is 13.8. The summed E-state index contributed by atoms with van der Waals surface area (Å²) in [6, 6.07) is 19.4. The highest BCUT2D eigenvalue weighted by molar-refractivity contribution is 6.00. The van der Waals surface area contributed by atoms with Crippen LogP contribution in [0.4, 0.5) is 4.79 Å². The van der Waals surface area contributed by atoms with Crippen molar-refractivity contribution < 1.29 is 19.1 Å². The molecule has 0 saturated carbocycles. The first-order valence-corrected chi connectivity index (χ1v) is 14.7. The third kappa shape index (κ3) is 7.62. The highest BCUT2D eigenvalue weighted by Gasteiger charge is 2.53. The van der Waals surface area contributed by atoms with E-state index in [4.69, 9.17) is 4.74 Å². The van der Waals surface area contributed by atoms with Gasteiger partial charge in [-0.15, -0.1) is 0 Å². The van der Waals surface area contributed by atoms with E-state index in [-0.39, 0.29) is 18.4 Å². The molecule has 2 aromatic rings. The van der Waals surface area contributed by atoms with Gasteiger partial charge in [-0.25, -0.2) is 4.79 Å². The molecule has 2 atom stereocenters. The number of carbonyl (C=O) groups excluding carboxylic acids is 3. The van der Waals surface area contributed by atoms with Crippen molar-refractivity contribution in [3.63, 3.8) is 0 Å². The van der Waals surface area contributed by atoms with Gasteiger partial charge in [-0.1, -0.05) is 80.9 Å². The minimum Gasteiger partial charge on any atom is -0.445 e. The van der Waals surface area contributed by atoms with E-state index in [2.05, 4.69) is 53.6 Å². The van der Waals surface area contributed by atoms with Crippen LogP contribution in [0.5, 0.6) is 0 Å². The van der Waals surface area contributed by atoms with E-state index in [9.17, 15) is 14.4 Å². The molecule has 2 aromatic carbocycles. The van der Waals surface area contributed by atoms with E-state index in [0.29, 0.717) is 44.7 Å². The normalized spacial score (nSPS) is 19.8. The lowest BCUT2D eigenvalue weighted by Gasteiger charge is -2.52. The molecule has 0 aliphatic carbocycles. The van der Waals surface area contributed by atoms with Gasteiger partial charge in [0.25, 0.3) is 0 Å². The van der Waals surface area contributed by atoms with Crippen molar-refractivity contribution in [3.05, 3.63) is 71.8 Å². The first kappa shape index (κ1) is 29.6. The van der Waals surface area contributed by atoms with Crippen LogP contribution in [0.25, 0.3) is 0 Å². The second-order valence-electron chi connectivity index (χ2n) is 11.2. The fraction of sp³-hybridized carbons (Fsp3) is 0.531. The quantitative estimate of drug-likeness (QED) is 0.389. The molecule has 3 amide bonds. The number of hydrogen-bond acceptors (Lipinski definition) is 5. The number of carbonyl (C=O) groups is 3. The molecular formula is C32H44N4O4. The molecule has 2 aliphatic rings. The van der Waals surface area contributed by atoms with Crippen LogP contribution in [0.2, 0.25) is 0 Å². The van der Waals surface area contributed by atoms with Gasteiger partial charge in [0.1, 0.15) is 18.2 Å². The number of ether oxygens (including phenoxy) is 1. The molecule has 2 aliphatic heterocycles. The number of nitrogens with one attached hydrogen (secondary N) is 2. The lowest BCUT2D eigenvalue weighted by Crippen LogP contribution is -2.73. The standard InChI is InChI=1S/C32H44N4O4/c1-3-25(2)23-36-29(37)28(15-10-19-33-31(39)40-24-27-13-8-5-9-14-27)34-30(38)32(36)17-21-35(22-18-32)20-16-26-11-6-4-7-12-26/h4-9,11-14,25,28H,3,10,15-24H2,1-2H3,(H,33,39)(H,34,38)/t25?,28-/m0/s1. The van der Waals surface area contributed by atoms with Crippen molar-refractivity contribution >= 4 is 17.9 Å². The van der Waals surface area contributed by atoms with E-state index in [1.807, 2.05) is 41.3 Å². The Morgan fingerprint density at radius 1 is 1.05 bits per heavy atom. The minimum atomic E-state index is -0.778. The summed E-state index contributed by atoms with van der Waals surface area (Å²) < 4.78 is 5.26. The van der Waals surface area contributed by atoms with Gasteiger partial charge in [-0.2, -0.15) is 0 Å². The number of piperazine rings is 1. The fourth-order valence-electron chi connectivity index (χ4n) is 5.62. The Balaban J connectivity index is 1.29. The number of rotatable bonds is 12. The van der Waals surface area contributed by atoms with Crippen LogP contribution in [0.1, 0.15) is 57.1 Å². The molecular weight excluding hydrogens is 504 g/mol. The highest BCUT2D eigenvalue weighted by atomic mass is 16.5. The Hall–Kier alpha value is -3.39. The molecule has 0 aromatic heterocycles. The van der Waals surface area contributed by atoms with Gasteiger partial charge >= 0.3 is 6.09 Å². The first-order chi connectivity index (χ1) is 19.4. The zero-order chi connectivity index (χ0) is 28.4. The van der Waals surface area contributed by atoms with Gasteiger partial charge in [0.2, 0.25) is 11.8 Å². The van der Waals surface area contributed by atoms with Crippen LogP contribution in [0.15, 0.2) is 60.7 Å². The van der Waals surface area contributed by atoms with Crippen molar-refractivity contribution in [3.8, 4) is 0 Å². The minimum absolute atomic E-state index is 0.00397. The SMILES string of the molecule is CCC(C)CN1C(=O)[C@H](CCCNC(=O)OCc2ccccc2)NC(=O)C12CCN(CCc1ccccc1)CC2. The Morgan fingerprint density at radius 3 is 2.35 bits per heavy atom. The van der Waals surface area contributed by atoms with E-state index >= 15 is 0 Å². The Kier molecular flexibility index (Phi) is 10.6. The van der Waals surface area contributed by atoms with Gasteiger partial charge in [-0.3, -0.25) is 9.59 Å².